The lowest BCUT2D eigenvalue weighted by Gasteiger charge is -2.20. The van der Waals surface area contributed by atoms with Crippen molar-refractivity contribution in [1.82, 2.24) is 15.0 Å². The van der Waals surface area contributed by atoms with Crippen molar-refractivity contribution >= 4 is 35.2 Å². The highest BCUT2D eigenvalue weighted by atomic mass is 16.4. The van der Waals surface area contributed by atoms with Gasteiger partial charge in [0.05, 0.1) is 11.1 Å². The Morgan fingerprint density at radius 1 is 1.15 bits per heavy atom. The predicted molar refractivity (Wildman–Crippen MR) is 133 cm³/mol. The molecule has 172 valence electrons. The molecular weight excluding hydrogens is 429 g/mol. The van der Waals surface area contributed by atoms with Gasteiger partial charge in [0.25, 0.3) is 5.91 Å². The molecule has 2 aromatic carbocycles. The number of hydrogen-bond donors (Lipinski definition) is 5. The molecule has 8 nitrogen and oxygen atoms in total. The molecule has 6 N–H and O–H groups in total. The van der Waals surface area contributed by atoms with Crippen molar-refractivity contribution < 1.29 is 14.8 Å². The first kappa shape index (κ1) is 22.1. The summed E-state index contributed by atoms with van der Waals surface area (Å²) in [6.07, 6.45) is 3.97. The van der Waals surface area contributed by atoms with Crippen molar-refractivity contribution in [3.05, 3.63) is 70.5 Å². The van der Waals surface area contributed by atoms with Crippen LogP contribution in [-0.4, -0.2) is 38.0 Å². The van der Waals surface area contributed by atoms with Gasteiger partial charge in [0, 0.05) is 34.4 Å². The number of aromatic nitrogens is 3. The highest BCUT2D eigenvalue weighted by molar-refractivity contribution is 6.58. The van der Waals surface area contributed by atoms with Crippen LogP contribution in [0.25, 0.3) is 22.3 Å². The normalized spacial score (nSPS) is 13.0. The van der Waals surface area contributed by atoms with Crippen LogP contribution >= 0.6 is 0 Å². The average molecular weight is 455 g/mol. The second kappa shape index (κ2) is 8.93. The predicted octanol–water partition coefficient (Wildman–Crippen LogP) is 2.20. The Kier molecular flexibility index (Phi) is 5.81. The summed E-state index contributed by atoms with van der Waals surface area (Å²) in [5.41, 5.74) is 12.0. The van der Waals surface area contributed by atoms with Gasteiger partial charge in [0.1, 0.15) is 5.82 Å². The van der Waals surface area contributed by atoms with Crippen LogP contribution in [0.3, 0.4) is 0 Å². The molecule has 0 aliphatic heterocycles. The number of nitrogens with zero attached hydrogens (tertiary/aromatic N) is 2. The summed E-state index contributed by atoms with van der Waals surface area (Å²) >= 11 is 0. The van der Waals surface area contributed by atoms with Crippen LogP contribution < -0.4 is 16.5 Å². The maximum atomic E-state index is 11.9. The third-order valence-electron chi connectivity index (χ3n) is 6.40. The summed E-state index contributed by atoms with van der Waals surface area (Å²) in [4.78, 5) is 25.1. The molecule has 9 heteroatoms. The Balaban J connectivity index is 1.57. The third kappa shape index (κ3) is 4.04. The summed E-state index contributed by atoms with van der Waals surface area (Å²) in [5.74, 6) is 0.907. The Labute approximate surface area is 197 Å². The molecule has 1 aliphatic rings. The van der Waals surface area contributed by atoms with E-state index >= 15 is 0 Å². The molecule has 0 atom stereocenters. The number of anilines is 1. The van der Waals surface area contributed by atoms with Crippen LogP contribution in [0.5, 0.6) is 0 Å². The fourth-order valence-corrected chi connectivity index (χ4v) is 4.74. The van der Waals surface area contributed by atoms with Crippen molar-refractivity contribution in [2.45, 2.75) is 39.2 Å². The number of benzene rings is 2. The van der Waals surface area contributed by atoms with E-state index < -0.39 is 13.0 Å². The molecule has 5 rings (SSSR count). The minimum Gasteiger partial charge on any atom is -0.423 e. The Hall–Kier alpha value is -3.69. The number of aromatic amines is 1. The smallest absolute Gasteiger partial charge is 0.423 e. The molecular formula is C25H26BN5O3. The molecule has 0 radical (unpaired) electrons. The minimum atomic E-state index is -1.51. The van der Waals surface area contributed by atoms with Crippen molar-refractivity contribution in [3.63, 3.8) is 0 Å². The van der Waals surface area contributed by atoms with E-state index in [0.29, 0.717) is 28.9 Å². The molecule has 4 aromatic rings. The number of para-hydroxylation sites is 1. The molecule has 0 unspecified atom stereocenters. The SMILES string of the molecule is Cc1[nH]c2c(C(N)=O)cccc2c1-c1nc2c(c(NCc3cccc(B(O)O)c3)n1)CCCC2. The maximum Gasteiger partial charge on any atom is 0.488 e. The van der Waals surface area contributed by atoms with Gasteiger partial charge in [-0.05, 0) is 49.7 Å². The summed E-state index contributed by atoms with van der Waals surface area (Å²) < 4.78 is 0. The number of carbonyl (C=O) groups is 1. The lowest BCUT2D eigenvalue weighted by Crippen LogP contribution is -2.30. The number of nitrogens with one attached hydrogen (secondary N) is 2. The number of nitrogens with two attached hydrogens (primary N) is 1. The molecule has 0 saturated carbocycles. The van der Waals surface area contributed by atoms with E-state index in [1.165, 1.54) is 0 Å². The lowest BCUT2D eigenvalue weighted by atomic mass is 9.79. The van der Waals surface area contributed by atoms with Crippen LogP contribution in [0.1, 0.15) is 45.7 Å². The van der Waals surface area contributed by atoms with Gasteiger partial charge in [-0.3, -0.25) is 4.79 Å². The van der Waals surface area contributed by atoms with Gasteiger partial charge < -0.3 is 26.1 Å². The van der Waals surface area contributed by atoms with E-state index in [-0.39, 0.29) is 0 Å². The second-order valence-electron chi connectivity index (χ2n) is 8.72. The van der Waals surface area contributed by atoms with E-state index in [1.807, 2.05) is 25.1 Å². The highest BCUT2D eigenvalue weighted by Crippen LogP contribution is 2.35. The van der Waals surface area contributed by atoms with Gasteiger partial charge in [-0.1, -0.05) is 36.4 Å². The van der Waals surface area contributed by atoms with E-state index in [2.05, 4.69) is 10.3 Å². The lowest BCUT2D eigenvalue weighted by molar-refractivity contribution is 0.100. The first-order valence-electron chi connectivity index (χ1n) is 11.4. The van der Waals surface area contributed by atoms with Gasteiger partial charge in [-0.2, -0.15) is 0 Å². The van der Waals surface area contributed by atoms with Crippen LogP contribution in [0.2, 0.25) is 0 Å². The number of rotatable bonds is 6. The molecule has 2 heterocycles. The summed E-state index contributed by atoms with van der Waals surface area (Å²) in [6, 6.07) is 12.7. The summed E-state index contributed by atoms with van der Waals surface area (Å²) in [5, 5.41) is 23.3. The fraction of sp³-hybridized carbons (Fsp3) is 0.240. The monoisotopic (exact) mass is 455 g/mol. The first-order valence-corrected chi connectivity index (χ1v) is 11.4. The van der Waals surface area contributed by atoms with Crippen molar-refractivity contribution in [3.8, 4) is 11.4 Å². The van der Waals surface area contributed by atoms with Gasteiger partial charge in [0.15, 0.2) is 5.82 Å². The van der Waals surface area contributed by atoms with Gasteiger partial charge in [0.2, 0.25) is 0 Å². The Morgan fingerprint density at radius 2 is 1.94 bits per heavy atom. The molecule has 2 aromatic heterocycles. The quantitative estimate of drug-likeness (QED) is 0.283. The van der Waals surface area contributed by atoms with Crippen molar-refractivity contribution in [1.29, 1.82) is 0 Å². The molecule has 34 heavy (non-hydrogen) atoms. The Bertz CT molecular complexity index is 1400. The van der Waals surface area contributed by atoms with Crippen LogP contribution in [0.4, 0.5) is 5.82 Å². The number of H-pyrrole nitrogens is 1. The standard InChI is InChI=1S/C25H26BN5O3/c1-14-21(18-9-5-10-19(23(27)32)22(18)29-14)25-30-20-11-3-2-8-17(20)24(31-25)28-13-15-6-4-7-16(12-15)26(33)34/h4-7,9-10,12,29,33-34H,2-3,8,11,13H2,1H3,(H2,27,32)(H,28,30,31). The topological polar surface area (TPSA) is 137 Å². The first-order chi connectivity index (χ1) is 16.4. The number of primary amides is 1. The largest absolute Gasteiger partial charge is 0.488 e. The van der Waals surface area contributed by atoms with Gasteiger partial charge in [-0.25, -0.2) is 9.97 Å². The zero-order valence-electron chi connectivity index (χ0n) is 18.9. The van der Waals surface area contributed by atoms with Crippen LogP contribution in [0.15, 0.2) is 42.5 Å². The summed E-state index contributed by atoms with van der Waals surface area (Å²) in [7, 11) is -1.51. The molecule has 0 spiro atoms. The van der Waals surface area contributed by atoms with Crippen molar-refractivity contribution in [2.24, 2.45) is 5.73 Å². The second-order valence-corrected chi connectivity index (χ2v) is 8.72. The van der Waals surface area contributed by atoms with Gasteiger partial charge >= 0.3 is 7.12 Å². The molecule has 0 bridgehead atoms. The third-order valence-corrected chi connectivity index (χ3v) is 6.40. The molecule has 1 aliphatic carbocycles. The van der Waals surface area contributed by atoms with Crippen LogP contribution in [0, 0.1) is 6.92 Å². The van der Waals surface area contributed by atoms with E-state index in [0.717, 1.165) is 65.0 Å². The number of fused-ring (bicyclic) bond motifs is 2. The van der Waals surface area contributed by atoms with E-state index in [1.54, 1.807) is 24.3 Å². The molecule has 1 amide bonds. The average Bonchev–Trinajstić information content (AvgIpc) is 3.18. The number of hydrogen-bond acceptors (Lipinski definition) is 6. The highest BCUT2D eigenvalue weighted by Gasteiger charge is 2.22. The zero-order valence-corrected chi connectivity index (χ0v) is 18.9. The number of carbonyl (C=O) groups excluding carboxylic acids is 1. The fourth-order valence-electron chi connectivity index (χ4n) is 4.74. The minimum absolute atomic E-state index is 0.439. The number of amides is 1. The van der Waals surface area contributed by atoms with Crippen molar-refractivity contribution in [2.75, 3.05) is 5.32 Å². The van der Waals surface area contributed by atoms with Crippen LogP contribution in [-0.2, 0) is 19.4 Å². The number of aryl methyl sites for hydroxylation is 2. The van der Waals surface area contributed by atoms with E-state index in [9.17, 15) is 14.8 Å². The van der Waals surface area contributed by atoms with Gasteiger partial charge in [-0.15, -0.1) is 0 Å². The van der Waals surface area contributed by atoms with E-state index in [4.69, 9.17) is 15.7 Å². The molecule has 0 fully saturated rings. The summed E-state index contributed by atoms with van der Waals surface area (Å²) in [6.45, 7) is 2.43. The molecule has 0 saturated heterocycles. The maximum absolute atomic E-state index is 11.9. The Morgan fingerprint density at radius 3 is 2.74 bits per heavy atom. The zero-order chi connectivity index (χ0) is 23.8.